The first kappa shape index (κ1) is 17.4. The van der Waals surface area contributed by atoms with Gasteiger partial charge in [-0.1, -0.05) is 23.5 Å². The first-order valence-electron chi connectivity index (χ1n) is 6.91. The number of benzene rings is 1. The standard InChI is InChI=1S/C15H17N5OS.ClH/c1-9-5-4-6-11-12(9)18-15(22-11)19-14(21)13(16-2)10-7-17-20(3)8-10;/h4-8,13,16H,1-3H3,(H,18,19,21);1H. The van der Waals surface area contributed by atoms with E-state index in [4.69, 9.17) is 0 Å². The van der Waals surface area contributed by atoms with Crippen LogP contribution in [0, 0.1) is 6.92 Å². The minimum Gasteiger partial charge on any atom is -0.305 e. The van der Waals surface area contributed by atoms with Crippen molar-refractivity contribution >= 4 is 45.0 Å². The van der Waals surface area contributed by atoms with Gasteiger partial charge in [-0.05, 0) is 25.6 Å². The van der Waals surface area contributed by atoms with Crippen LogP contribution in [0.5, 0.6) is 0 Å². The number of nitrogens with one attached hydrogen (secondary N) is 2. The molecule has 1 amide bonds. The maximum Gasteiger partial charge on any atom is 0.247 e. The van der Waals surface area contributed by atoms with Crippen molar-refractivity contribution in [3.8, 4) is 0 Å². The number of amides is 1. The van der Waals surface area contributed by atoms with Gasteiger partial charge in [0.15, 0.2) is 5.13 Å². The molecule has 1 aromatic carbocycles. The van der Waals surface area contributed by atoms with Gasteiger partial charge in [-0.2, -0.15) is 5.10 Å². The molecule has 0 saturated carbocycles. The van der Waals surface area contributed by atoms with Crippen LogP contribution in [0.25, 0.3) is 10.2 Å². The van der Waals surface area contributed by atoms with Crippen molar-refractivity contribution in [2.45, 2.75) is 13.0 Å². The summed E-state index contributed by atoms with van der Waals surface area (Å²) < 4.78 is 2.74. The van der Waals surface area contributed by atoms with Crippen LogP contribution < -0.4 is 10.6 Å². The largest absolute Gasteiger partial charge is 0.305 e. The number of para-hydroxylation sites is 1. The Morgan fingerprint density at radius 2 is 2.17 bits per heavy atom. The fraction of sp³-hybridized carbons (Fsp3) is 0.267. The highest BCUT2D eigenvalue weighted by Crippen LogP contribution is 2.28. The molecule has 0 radical (unpaired) electrons. The number of likely N-dealkylation sites (N-methyl/N-ethyl adjacent to an activating group) is 1. The zero-order chi connectivity index (χ0) is 15.7. The summed E-state index contributed by atoms with van der Waals surface area (Å²) in [6.45, 7) is 2.01. The Hall–Kier alpha value is -1.96. The van der Waals surface area contributed by atoms with Crippen molar-refractivity contribution in [1.82, 2.24) is 20.1 Å². The molecule has 3 aromatic rings. The van der Waals surface area contributed by atoms with Gasteiger partial charge in [0.2, 0.25) is 5.91 Å². The summed E-state index contributed by atoms with van der Waals surface area (Å²) in [4.78, 5) is 17.0. The molecule has 0 spiro atoms. The van der Waals surface area contributed by atoms with Gasteiger partial charge in [-0.25, -0.2) is 4.98 Å². The van der Waals surface area contributed by atoms with Crippen molar-refractivity contribution in [2.24, 2.45) is 7.05 Å². The lowest BCUT2D eigenvalue weighted by molar-refractivity contribution is -0.118. The molecule has 0 aliphatic carbocycles. The topological polar surface area (TPSA) is 71.8 Å². The lowest BCUT2D eigenvalue weighted by Gasteiger charge is -2.12. The molecule has 0 aliphatic rings. The number of nitrogens with zero attached hydrogens (tertiary/aromatic N) is 3. The molecule has 3 rings (SSSR count). The summed E-state index contributed by atoms with van der Waals surface area (Å²) in [5, 5.41) is 10.6. The Labute approximate surface area is 144 Å². The number of anilines is 1. The molecule has 23 heavy (non-hydrogen) atoms. The van der Waals surface area contributed by atoms with Crippen molar-refractivity contribution in [1.29, 1.82) is 0 Å². The second kappa shape index (κ2) is 7.08. The molecule has 0 saturated heterocycles. The van der Waals surface area contributed by atoms with E-state index in [1.54, 1.807) is 17.9 Å². The third-order valence-electron chi connectivity index (χ3n) is 3.46. The maximum absolute atomic E-state index is 12.5. The Morgan fingerprint density at radius 3 is 2.78 bits per heavy atom. The Kier molecular flexibility index (Phi) is 5.35. The number of aromatic nitrogens is 3. The van der Waals surface area contributed by atoms with Crippen LogP contribution in [0.3, 0.4) is 0 Å². The summed E-state index contributed by atoms with van der Waals surface area (Å²) in [6.07, 6.45) is 3.51. The van der Waals surface area contributed by atoms with Crippen LogP contribution in [0.1, 0.15) is 17.2 Å². The summed E-state index contributed by atoms with van der Waals surface area (Å²) in [5.41, 5.74) is 2.86. The second-order valence-electron chi connectivity index (χ2n) is 5.10. The fourth-order valence-electron chi connectivity index (χ4n) is 2.36. The van der Waals surface area contributed by atoms with Crippen molar-refractivity contribution in [2.75, 3.05) is 12.4 Å². The highest BCUT2D eigenvalue weighted by atomic mass is 35.5. The van der Waals surface area contributed by atoms with Crippen molar-refractivity contribution in [3.63, 3.8) is 0 Å². The summed E-state index contributed by atoms with van der Waals surface area (Å²) in [5.74, 6) is -0.146. The van der Waals surface area contributed by atoms with Gasteiger partial charge in [0, 0.05) is 18.8 Å². The number of hydrogen-bond donors (Lipinski definition) is 2. The van der Waals surface area contributed by atoms with Crippen LogP contribution in [0.4, 0.5) is 5.13 Å². The van der Waals surface area contributed by atoms with Crippen molar-refractivity contribution in [3.05, 3.63) is 41.7 Å². The molecule has 1 unspecified atom stereocenters. The summed E-state index contributed by atoms with van der Waals surface area (Å²) in [6, 6.07) is 5.56. The van der Waals surface area contributed by atoms with E-state index in [0.717, 1.165) is 21.3 Å². The van der Waals surface area contributed by atoms with E-state index < -0.39 is 6.04 Å². The first-order chi connectivity index (χ1) is 10.6. The van der Waals surface area contributed by atoms with Crippen LogP contribution in [0.15, 0.2) is 30.6 Å². The van der Waals surface area contributed by atoms with Gasteiger partial charge in [-0.15, -0.1) is 12.4 Å². The molecule has 1 atom stereocenters. The normalized spacial score (nSPS) is 12.0. The maximum atomic E-state index is 12.5. The molecular formula is C15H18ClN5OS. The monoisotopic (exact) mass is 351 g/mol. The number of fused-ring (bicyclic) bond motifs is 1. The number of rotatable bonds is 4. The van der Waals surface area contributed by atoms with Crippen molar-refractivity contribution < 1.29 is 4.79 Å². The number of carbonyl (C=O) groups excluding carboxylic acids is 1. The zero-order valence-electron chi connectivity index (χ0n) is 13.0. The van der Waals surface area contributed by atoms with Gasteiger partial charge in [0.25, 0.3) is 0 Å². The molecule has 122 valence electrons. The smallest absolute Gasteiger partial charge is 0.247 e. The van der Waals surface area contributed by atoms with E-state index >= 15 is 0 Å². The van der Waals surface area contributed by atoms with Crippen LogP contribution in [-0.2, 0) is 11.8 Å². The molecule has 2 heterocycles. The van der Waals surface area contributed by atoms with Gasteiger partial charge in [0.05, 0.1) is 16.4 Å². The highest BCUT2D eigenvalue weighted by Gasteiger charge is 2.21. The molecule has 6 nitrogen and oxygen atoms in total. The van der Waals surface area contributed by atoms with E-state index in [9.17, 15) is 4.79 Å². The SMILES string of the molecule is CNC(C(=O)Nc1nc2c(C)cccc2s1)c1cnn(C)c1.Cl. The minimum atomic E-state index is -0.457. The lowest BCUT2D eigenvalue weighted by atomic mass is 10.1. The van der Waals surface area contributed by atoms with Gasteiger partial charge in [-0.3, -0.25) is 9.48 Å². The number of carbonyl (C=O) groups is 1. The Morgan fingerprint density at radius 1 is 1.39 bits per heavy atom. The van der Waals surface area contributed by atoms with Gasteiger partial charge >= 0.3 is 0 Å². The molecule has 8 heteroatoms. The lowest BCUT2D eigenvalue weighted by Crippen LogP contribution is -2.30. The Balaban J connectivity index is 0.00000192. The van der Waals surface area contributed by atoms with Gasteiger partial charge in [0.1, 0.15) is 6.04 Å². The van der Waals surface area contributed by atoms with Crippen LogP contribution >= 0.6 is 23.7 Å². The average Bonchev–Trinajstić information content (AvgIpc) is 3.07. The minimum absolute atomic E-state index is 0. The fourth-order valence-corrected chi connectivity index (χ4v) is 3.30. The molecule has 2 N–H and O–H groups in total. The predicted molar refractivity (Wildman–Crippen MR) is 95.2 cm³/mol. The van der Waals surface area contributed by atoms with E-state index in [0.29, 0.717) is 5.13 Å². The van der Waals surface area contributed by atoms with Crippen LogP contribution in [0.2, 0.25) is 0 Å². The number of halogens is 1. The molecule has 2 aromatic heterocycles. The molecular weight excluding hydrogens is 334 g/mol. The zero-order valence-corrected chi connectivity index (χ0v) is 14.7. The molecule has 0 fully saturated rings. The number of aryl methyl sites for hydroxylation is 2. The first-order valence-corrected chi connectivity index (χ1v) is 7.73. The summed E-state index contributed by atoms with van der Waals surface area (Å²) in [7, 11) is 3.57. The van der Waals surface area contributed by atoms with E-state index in [1.165, 1.54) is 11.3 Å². The highest BCUT2D eigenvalue weighted by molar-refractivity contribution is 7.22. The number of thiazole rings is 1. The predicted octanol–water partition coefficient (Wildman–Crippen LogP) is 2.66. The van der Waals surface area contributed by atoms with Crippen LogP contribution in [-0.4, -0.2) is 27.7 Å². The third kappa shape index (κ3) is 3.52. The van der Waals surface area contributed by atoms with E-state index in [-0.39, 0.29) is 18.3 Å². The number of hydrogen-bond acceptors (Lipinski definition) is 5. The second-order valence-corrected chi connectivity index (χ2v) is 6.13. The van der Waals surface area contributed by atoms with Gasteiger partial charge < -0.3 is 10.6 Å². The molecule has 0 aliphatic heterocycles. The molecule has 0 bridgehead atoms. The quantitative estimate of drug-likeness (QED) is 0.758. The third-order valence-corrected chi connectivity index (χ3v) is 4.40. The average molecular weight is 352 g/mol. The Bertz CT molecular complexity index is 828. The van der Waals surface area contributed by atoms with E-state index in [2.05, 4.69) is 20.7 Å². The summed E-state index contributed by atoms with van der Waals surface area (Å²) >= 11 is 1.48. The van der Waals surface area contributed by atoms with E-state index in [1.807, 2.05) is 38.4 Å².